The van der Waals surface area contributed by atoms with E-state index >= 15 is 0 Å². The van der Waals surface area contributed by atoms with Gasteiger partial charge in [-0.1, -0.05) is 12.1 Å². The van der Waals surface area contributed by atoms with Gasteiger partial charge < -0.3 is 10.1 Å². The van der Waals surface area contributed by atoms with E-state index in [1.807, 2.05) is 25.1 Å². The van der Waals surface area contributed by atoms with Crippen LogP contribution in [0.15, 0.2) is 18.2 Å². The third kappa shape index (κ3) is 4.59. The zero-order valence-electron chi connectivity index (χ0n) is 11.8. The summed E-state index contributed by atoms with van der Waals surface area (Å²) in [5, 5.41) is 6.72. The molecule has 0 saturated carbocycles. The van der Waals surface area contributed by atoms with Gasteiger partial charge in [0.1, 0.15) is 11.6 Å². The first-order valence-corrected chi connectivity index (χ1v) is 10.3. The van der Waals surface area contributed by atoms with Gasteiger partial charge in [0.25, 0.3) is 0 Å². The van der Waals surface area contributed by atoms with Crippen molar-refractivity contribution in [3.8, 4) is 21.7 Å². The summed E-state index contributed by atoms with van der Waals surface area (Å²) in [6.45, 7) is 2.10. The summed E-state index contributed by atoms with van der Waals surface area (Å²) in [6.07, 6.45) is 0. The molecular formula is C14H12IN3O2S2. The molecule has 114 valence electrons. The summed E-state index contributed by atoms with van der Waals surface area (Å²) >= 11 is 3.40. The zero-order chi connectivity index (χ0) is 15.9. The first kappa shape index (κ1) is 17.1. The second kappa shape index (κ2) is 8.36. The Morgan fingerprint density at radius 1 is 1.55 bits per heavy atom. The minimum atomic E-state index is -0.311. The number of halogens is 1. The van der Waals surface area contributed by atoms with Gasteiger partial charge >= 0.3 is 5.97 Å². The molecule has 1 aromatic heterocycles. The van der Waals surface area contributed by atoms with Crippen LogP contribution in [0.3, 0.4) is 0 Å². The number of aromatic nitrogens is 2. The Morgan fingerprint density at radius 2 is 2.36 bits per heavy atom. The van der Waals surface area contributed by atoms with E-state index in [2.05, 4.69) is 51.8 Å². The lowest BCUT2D eigenvalue weighted by molar-refractivity contribution is -0.138. The fourth-order valence-electron chi connectivity index (χ4n) is 1.64. The van der Waals surface area contributed by atoms with Crippen LogP contribution in [0.1, 0.15) is 11.4 Å². The Kier molecular flexibility index (Phi) is 6.48. The minimum Gasteiger partial charge on any atom is -0.468 e. The molecule has 5 nitrogen and oxygen atoms in total. The van der Waals surface area contributed by atoms with E-state index < -0.39 is 0 Å². The fourth-order valence-corrected chi connectivity index (χ4v) is 2.72. The Balaban J connectivity index is 2.21. The summed E-state index contributed by atoms with van der Waals surface area (Å²) < 4.78 is 8.84. The average molecular weight is 445 g/mol. The Hall–Kier alpha value is -1.31. The molecule has 0 spiro atoms. The molecule has 0 aliphatic heterocycles. The van der Waals surface area contributed by atoms with E-state index in [1.54, 1.807) is 0 Å². The van der Waals surface area contributed by atoms with Crippen LogP contribution in [0.4, 0.5) is 5.69 Å². The van der Waals surface area contributed by atoms with Gasteiger partial charge in [-0.2, -0.15) is 4.37 Å². The SMILES string of the molecule is COC(=O)CNc1cc(-c2nc(C#CSI)ns2)ccc1C. The van der Waals surface area contributed by atoms with Crippen molar-refractivity contribution in [2.75, 3.05) is 19.0 Å². The maximum absolute atomic E-state index is 11.2. The van der Waals surface area contributed by atoms with Crippen LogP contribution in [-0.2, 0) is 9.53 Å². The van der Waals surface area contributed by atoms with E-state index in [0.29, 0.717) is 5.82 Å². The van der Waals surface area contributed by atoms with Gasteiger partial charge in [0, 0.05) is 32.5 Å². The second-order valence-corrected chi connectivity index (χ2v) is 6.62. The molecule has 1 heterocycles. The molecule has 0 radical (unpaired) electrons. The molecular weight excluding hydrogens is 433 g/mol. The Morgan fingerprint density at radius 3 is 3.09 bits per heavy atom. The maximum Gasteiger partial charge on any atom is 0.325 e. The van der Waals surface area contributed by atoms with Crippen LogP contribution < -0.4 is 5.32 Å². The van der Waals surface area contributed by atoms with Crippen molar-refractivity contribution < 1.29 is 9.53 Å². The fraction of sp³-hybridized carbons (Fsp3) is 0.214. The van der Waals surface area contributed by atoms with Crippen molar-refractivity contribution in [2.24, 2.45) is 0 Å². The predicted molar refractivity (Wildman–Crippen MR) is 99.1 cm³/mol. The van der Waals surface area contributed by atoms with E-state index in [4.69, 9.17) is 0 Å². The number of aryl methyl sites for hydroxylation is 1. The topological polar surface area (TPSA) is 64.1 Å². The van der Waals surface area contributed by atoms with Crippen molar-refractivity contribution in [3.05, 3.63) is 29.6 Å². The summed E-state index contributed by atoms with van der Waals surface area (Å²) in [4.78, 5) is 15.6. The highest BCUT2D eigenvalue weighted by Crippen LogP contribution is 2.26. The Bertz CT molecular complexity index is 737. The number of nitrogens with one attached hydrogen (secondary N) is 1. The molecule has 2 aromatic rings. The molecule has 0 saturated heterocycles. The standard InChI is InChI=1S/C14H12IN3O2S2/c1-9-3-4-10(7-11(9)16-8-13(19)20-2)14-17-12(18-22-14)5-6-21-15/h3-4,7,16H,8H2,1-2H3. The maximum atomic E-state index is 11.2. The molecule has 0 aliphatic carbocycles. The van der Waals surface area contributed by atoms with Crippen LogP contribution in [0.25, 0.3) is 10.6 Å². The number of carbonyl (C=O) groups is 1. The molecule has 1 N–H and O–H groups in total. The number of hydrogen-bond donors (Lipinski definition) is 1. The number of anilines is 1. The molecule has 0 unspecified atom stereocenters. The molecule has 0 amide bonds. The summed E-state index contributed by atoms with van der Waals surface area (Å²) in [5.41, 5.74) is 2.85. The van der Waals surface area contributed by atoms with E-state index in [-0.39, 0.29) is 12.5 Å². The van der Waals surface area contributed by atoms with Crippen LogP contribution in [-0.4, -0.2) is 29.0 Å². The van der Waals surface area contributed by atoms with Crippen LogP contribution in [0.5, 0.6) is 0 Å². The molecule has 0 atom stereocenters. The van der Waals surface area contributed by atoms with E-state index in [1.165, 1.54) is 27.6 Å². The highest BCUT2D eigenvalue weighted by atomic mass is 127. The van der Waals surface area contributed by atoms with Crippen molar-refractivity contribution in [3.63, 3.8) is 0 Å². The number of nitrogens with zero attached hydrogens (tertiary/aromatic N) is 2. The van der Waals surface area contributed by atoms with Crippen LogP contribution in [0, 0.1) is 18.1 Å². The summed E-state index contributed by atoms with van der Waals surface area (Å²) in [5.74, 6) is 3.09. The molecule has 1 aromatic carbocycles. The van der Waals surface area contributed by atoms with Gasteiger partial charge in [-0.15, -0.1) is 0 Å². The molecule has 0 aliphatic rings. The van der Waals surface area contributed by atoms with Crippen LogP contribution >= 0.6 is 41.7 Å². The van der Waals surface area contributed by atoms with Gasteiger partial charge in [-0.3, -0.25) is 4.79 Å². The van der Waals surface area contributed by atoms with E-state index in [0.717, 1.165) is 21.8 Å². The van der Waals surface area contributed by atoms with Crippen molar-refractivity contribution in [2.45, 2.75) is 6.92 Å². The third-order valence-corrected chi connectivity index (χ3v) is 4.37. The molecule has 0 fully saturated rings. The molecule has 8 heteroatoms. The highest BCUT2D eigenvalue weighted by Gasteiger charge is 2.08. The van der Waals surface area contributed by atoms with Crippen molar-refractivity contribution >= 4 is 53.3 Å². The largest absolute Gasteiger partial charge is 0.468 e. The van der Waals surface area contributed by atoms with Gasteiger partial charge in [-0.25, -0.2) is 4.98 Å². The quantitative estimate of drug-likeness (QED) is 0.442. The van der Waals surface area contributed by atoms with Gasteiger partial charge in [0.15, 0.2) is 0 Å². The average Bonchev–Trinajstić information content (AvgIpc) is 3.00. The first-order chi connectivity index (χ1) is 10.6. The molecule has 22 heavy (non-hydrogen) atoms. The van der Waals surface area contributed by atoms with Gasteiger partial charge in [0.2, 0.25) is 5.82 Å². The normalized spacial score (nSPS) is 9.77. The highest BCUT2D eigenvalue weighted by molar-refractivity contribution is 14.2. The van der Waals surface area contributed by atoms with Crippen molar-refractivity contribution in [1.29, 1.82) is 0 Å². The number of esters is 1. The van der Waals surface area contributed by atoms with Gasteiger partial charge in [-0.05, 0) is 50.2 Å². The smallest absolute Gasteiger partial charge is 0.325 e. The Labute approximate surface area is 149 Å². The molecule has 0 bridgehead atoms. The van der Waals surface area contributed by atoms with E-state index in [9.17, 15) is 4.79 Å². The third-order valence-electron chi connectivity index (χ3n) is 2.76. The lowest BCUT2D eigenvalue weighted by atomic mass is 10.1. The first-order valence-electron chi connectivity index (χ1n) is 6.18. The lowest BCUT2D eigenvalue weighted by Gasteiger charge is -2.09. The lowest BCUT2D eigenvalue weighted by Crippen LogP contribution is -2.15. The predicted octanol–water partition coefficient (Wildman–Crippen LogP) is 3.49. The van der Waals surface area contributed by atoms with Gasteiger partial charge in [0.05, 0.1) is 7.11 Å². The number of ether oxygens (including phenoxy) is 1. The van der Waals surface area contributed by atoms with Crippen molar-refractivity contribution in [1.82, 2.24) is 9.36 Å². The number of hydrogen-bond acceptors (Lipinski definition) is 7. The summed E-state index contributed by atoms with van der Waals surface area (Å²) in [7, 11) is 2.76. The monoisotopic (exact) mass is 445 g/mol. The zero-order valence-corrected chi connectivity index (χ0v) is 15.6. The number of methoxy groups -OCH3 is 1. The minimum absolute atomic E-state index is 0.126. The second-order valence-electron chi connectivity index (χ2n) is 4.19. The number of rotatable bonds is 4. The molecule has 2 rings (SSSR count). The number of carbonyl (C=O) groups excluding carboxylic acids is 1. The summed E-state index contributed by atoms with van der Waals surface area (Å²) in [6, 6.07) is 5.90. The van der Waals surface area contributed by atoms with Crippen LogP contribution in [0.2, 0.25) is 0 Å². The number of benzene rings is 1.